The fraction of sp³-hybridized carbons (Fsp3) is 0.632. The second kappa shape index (κ2) is 6.74. The van der Waals surface area contributed by atoms with Gasteiger partial charge in [-0.15, -0.1) is 0 Å². The standard InChI is InChI=1S/C19H29NO/c1-13-10-15(3)19(16(4)11-13)18(21)12-20(5)17-9-7-6-8-14(17)2/h10-11,14,17H,6-9,12H2,1-5H3. The number of Topliss-reactive ketones (excluding diaryl/α,β-unsaturated/α-hetero) is 1. The van der Waals surface area contributed by atoms with Gasteiger partial charge in [0.25, 0.3) is 0 Å². The molecule has 0 amide bonds. The Morgan fingerprint density at radius 3 is 2.29 bits per heavy atom. The summed E-state index contributed by atoms with van der Waals surface area (Å²) < 4.78 is 0. The van der Waals surface area contributed by atoms with Gasteiger partial charge in [0.15, 0.2) is 5.78 Å². The van der Waals surface area contributed by atoms with Crippen molar-refractivity contribution in [1.82, 2.24) is 4.90 Å². The van der Waals surface area contributed by atoms with E-state index < -0.39 is 0 Å². The lowest BCUT2D eigenvalue weighted by atomic mass is 9.85. The zero-order valence-corrected chi connectivity index (χ0v) is 14.2. The minimum Gasteiger partial charge on any atom is -0.296 e. The van der Waals surface area contributed by atoms with Gasteiger partial charge in [-0.05, 0) is 57.7 Å². The summed E-state index contributed by atoms with van der Waals surface area (Å²) in [5.41, 5.74) is 4.39. The van der Waals surface area contributed by atoms with Crippen molar-refractivity contribution in [1.29, 1.82) is 0 Å². The Bertz CT molecular complexity index is 497. The van der Waals surface area contributed by atoms with Crippen molar-refractivity contribution in [3.63, 3.8) is 0 Å². The van der Waals surface area contributed by atoms with E-state index in [0.29, 0.717) is 18.5 Å². The third kappa shape index (κ3) is 3.74. The summed E-state index contributed by atoms with van der Waals surface area (Å²) in [4.78, 5) is 15.0. The molecule has 2 unspecified atom stereocenters. The normalized spacial score (nSPS) is 22.6. The number of aryl methyl sites for hydroxylation is 3. The first-order valence-electron chi connectivity index (χ1n) is 8.21. The average molecular weight is 287 g/mol. The van der Waals surface area contributed by atoms with Crippen LogP contribution in [0.15, 0.2) is 12.1 Å². The molecule has 1 saturated carbocycles. The highest BCUT2D eigenvalue weighted by Gasteiger charge is 2.26. The first-order valence-corrected chi connectivity index (χ1v) is 8.21. The average Bonchev–Trinajstić information content (AvgIpc) is 2.37. The lowest BCUT2D eigenvalue weighted by Gasteiger charge is -2.36. The van der Waals surface area contributed by atoms with Crippen LogP contribution >= 0.6 is 0 Å². The van der Waals surface area contributed by atoms with Crippen LogP contribution in [-0.2, 0) is 0 Å². The molecule has 0 spiro atoms. The van der Waals surface area contributed by atoms with E-state index in [1.165, 1.54) is 31.2 Å². The Labute approximate surface area is 129 Å². The summed E-state index contributed by atoms with van der Waals surface area (Å²) in [6, 6.07) is 4.79. The molecule has 2 rings (SSSR count). The van der Waals surface area contributed by atoms with E-state index in [4.69, 9.17) is 0 Å². The van der Waals surface area contributed by atoms with Gasteiger partial charge in [0, 0.05) is 11.6 Å². The maximum atomic E-state index is 12.7. The molecule has 0 radical (unpaired) electrons. The van der Waals surface area contributed by atoms with E-state index in [2.05, 4.69) is 51.8 Å². The summed E-state index contributed by atoms with van der Waals surface area (Å²) in [7, 11) is 2.11. The molecular formula is C19H29NO. The minimum absolute atomic E-state index is 0.269. The number of ketones is 1. The number of rotatable bonds is 4. The number of benzene rings is 1. The third-order valence-electron chi connectivity index (χ3n) is 4.98. The third-order valence-corrected chi connectivity index (χ3v) is 4.98. The number of likely N-dealkylation sites (N-methyl/N-ethyl adjacent to an activating group) is 1. The van der Waals surface area contributed by atoms with Crippen molar-refractivity contribution in [2.75, 3.05) is 13.6 Å². The van der Waals surface area contributed by atoms with E-state index in [-0.39, 0.29) is 5.78 Å². The van der Waals surface area contributed by atoms with E-state index in [1.807, 2.05) is 0 Å². The van der Waals surface area contributed by atoms with Gasteiger partial charge >= 0.3 is 0 Å². The van der Waals surface area contributed by atoms with Gasteiger partial charge in [0.2, 0.25) is 0 Å². The van der Waals surface area contributed by atoms with Gasteiger partial charge < -0.3 is 0 Å². The van der Waals surface area contributed by atoms with Crippen LogP contribution in [0.5, 0.6) is 0 Å². The van der Waals surface area contributed by atoms with Crippen molar-refractivity contribution < 1.29 is 4.79 Å². The molecule has 1 aromatic carbocycles. The molecule has 2 nitrogen and oxygen atoms in total. The molecular weight excluding hydrogens is 258 g/mol. The van der Waals surface area contributed by atoms with Gasteiger partial charge in [-0.25, -0.2) is 0 Å². The number of nitrogens with zero attached hydrogens (tertiary/aromatic N) is 1. The molecule has 0 heterocycles. The van der Waals surface area contributed by atoms with Crippen LogP contribution in [0, 0.1) is 26.7 Å². The summed E-state index contributed by atoms with van der Waals surface area (Å²) in [6.45, 7) is 9.06. The Hall–Kier alpha value is -1.15. The van der Waals surface area contributed by atoms with Crippen molar-refractivity contribution in [2.24, 2.45) is 5.92 Å². The summed E-state index contributed by atoms with van der Waals surface area (Å²) in [5.74, 6) is 0.974. The molecule has 0 aliphatic heterocycles. The molecule has 0 saturated heterocycles. The lowest BCUT2D eigenvalue weighted by molar-refractivity contribution is 0.0850. The first-order chi connectivity index (χ1) is 9.90. The van der Waals surface area contributed by atoms with Crippen molar-refractivity contribution in [3.8, 4) is 0 Å². The zero-order valence-electron chi connectivity index (χ0n) is 14.2. The molecule has 2 atom stereocenters. The van der Waals surface area contributed by atoms with Crippen LogP contribution in [-0.4, -0.2) is 30.3 Å². The highest BCUT2D eigenvalue weighted by molar-refractivity contribution is 6.00. The minimum atomic E-state index is 0.269. The highest BCUT2D eigenvalue weighted by Crippen LogP contribution is 2.27. The zero-order chi connectivity index (χ0) is 15.6. The van der Waals surface area contributed by atoms with Crippen LogP contribution in [0.3, 0.4) is 0 Å². The number of hydrogen-bond acceptors (Lipinski definition) is 2. The molecule has 1 aromatic rings. The predicted molar refractivity (Wildman–Crippen MR) is 89.0 cm³/mol. The predicted octanol–water partition coefficient (Wildman–Crippen LogP) is 4.31. The van der Waals surface area contributed by atoms with Crippen molar-refractivity contribution >= 4 is 5.78 Å². The Balaban J connectivity index is 2.11. The van der Waals surface area contributed by atoms with Gasteiger partial charge in [-0.1, -0.05) is 37.5 Å². The lowest BCUT2D eigenvalue weighted by Crippen LogP contribution is -2.41. The molecule has 116 valence electrons. The highest BCUT2D eigenvalue weighted by atomic mass is 16.1. The Kier molecular flexibility index (Phi) is 5.21. The topological polar surface area (TPSA) is 20.3 Å². The summed E-state index contributed by atoms with van der Waals surface area (Å²) in [5, 5.41) is 0. The van der Waals surface area contributed by atoms with Crippen LogP contribution in [0.4, 0.5) is 0 Å². The summed E-state index contributed by atoms with van der Waals surface area (Å²) in [6.07, 6.45) is 5.17. The van der Waals surface area contributed by atoms with Gasteiger partial charge in [0.1, 0.15) is 0 Å². The van der Waals surface area contributed by atoms with E-state index in [0.717, 1.165) is 16.7 Å². The van der Waals surface area contributed by atoms with E-state index >= 15 is 0 Å². The Morgan fingerprint density at radius 1 is 1.14 bits per heavy atom. The van der Waals surface area contributed by atoms with Crippen molar-refractivity contribution in [2.45, 2.75) is 59.4 Å². The Morgan fingerprint density at radius 2 is 1.71 bits per heavy atom. The fourth-order valence-corrected chi connectivity index (χ4v) is 3.99. The van der Waals surface area contributed by atoms with Gasteiger partial charge in [-0.3, -0.25) is 9.69 Å². The second-order valence-electron chi connectivity index (χ2n) is 6.94. The maximum Gasteiger partial charge on any atom is 0.177 e. The molecule has 0 aromatic heterocycles. The molecule has 1 aliphatic carbocycles. The van der Waals surface area contributed by atoms with Crippen LogP contribution < -0.4 is 0 Å². The SMILES string of the molecule is Cc1cc(C)c(C(=O)CN(C)C2CCCCC2C)c(C)c1. The quantitative estimate of drug-likeness (QED) is 0.769. The smallest absolute Gasteiger partial charge is 0.177 e. The molecule has 1 fully saturated rings. The van der Waals surface area contributed by atoms with Crippen LogP contribution in [0.25, 0.3) is 0 Å². The number of carbonyl (C=O) groups is 1. The summed E-state index contributed by atoms with van der Waals surface area (Å²) >= 11 is 0. The molecule has 1 aliphatic rings. The van der Waals surface area contributed by atoms with Crippen LogP contribution in [0.1, 0.15) is 59.7 Å². The first kappa shape index (κ1) is 16.2. The molecule has 21 heavy (non-hydrogen) atoms. The van der Waals surface area contributed by atoms with Crippen molar-refractivity contribution in [3.05, 3.63) is 34.4 Å². The monoisotopic (exact) mass is 287 g/mol. The number of hydrogen-bond donors (Lipinski definition) is 0. The van der Waals surface area contributed by atoms with E-state index in [9.17, 15) is 4.79 Å². The molecule has 0 N–H and O–H groups in total. The largest absolute Gasteiger partial charge is 0.296 e. The molecule has 2 heteroatoms. The van der Waals surface area contributed by atoms with Crippen LogP contribution in [0.2, 0.25) is 0 Å². The maximum absolute atomic E-state index is 12.7. The molecule has 0 bridgehead atoms. The second-order valence-corrected chi connectivity index (χ2v) is 6.94. The fourth-order valence-electron chi connectivity index (χ4n) is 3.99. The van der Waals surface area contributed by atoms with E-state index in [1.54, 1.807) is 0 Å². The number of carbonyl (C=O) groups excluding carboxylic acids is 1. The van der Waals surface area contributed by atoms with Gasteiger partial charge in [-0.2, -0.15) is 0 Å². The van der Waals surface area contributed by atoms with Gasteiger partial charge in [0.05, 0.1) is 6.54 Å².